The van der Waals surface area contributed by atoms with Gasteiger partial charge in [-0.05, 0) is 13.3 Å². The smallest absolute Gasteiger partial charge is 0.305 e. The molecule has 0 aromatic rings. The largest absolute Gasteiger partial charge is 0.481 e. The van der Waals surface area contributed by atoms with Gasteiger partial charge >= 0.3 is 5.97 Å². The van der Waals surface area contributed by atoms with Crippen LogP contribution in [0.5, 0.6) is 0 Å². The molecule has 1 N–H and O–H groups in total. The summed E-state index contributed by atoms with van der Waals surface area (Å²) < 4.78 is 5.30. The van der Waals surface area contributed by atoms with Gasteiger partial charge in [0, 0.05) is 13.6 Å². The highest BCUT2D eigenvalue weighted by atomic mass is 16.5. The highest BCUT2D eigenvalue weighted by Gasteiger charge is 2.30. The van der Waals surface area contributed by atoms with E-state index in [0.717, 1.165) is 6.42 Å². The summed E-state index contributed by atoms with van der Waals surface area (Å²) in [7, 11) is 1.63. The van der Waals surface area contributed by atoms with Gasteiger partial charge in [-0.1, -0.05) is 0 Å². The van der Waals surface area contributed by atoms with Gasteiger partial charge in [-0.15, -0.1) is 0 Å². The molecule has 1 heterocycles. The number of amides is 1. The van der Waals surface area contributed by atoms with Crippen LogP contribution in [0.15, 0.2) is 0 Å². The maximum Gasteiger partial charge on any atom is 0.305 e. The summed E-state index contributed by atoms with van der Waals surface area (Å²) in [6.45, 7) is 2.65. The third-order valence-electron chi connectivity index (χ3n) is 2.58. The summed E-state index contributed by atoms with van der Waals surface area (Å²) in [5, 5.41) is 8.49. The predicted molar refractivity (Wildman–Crippen MR) is 53.4 cm³/mol. The second-order valence-electron chi connectivity index (χ2n) is 3.98. The van der Waals surface area contributed by atoms with Crippen LogP contribution >= 0.6 is 0 Å². The van der Waals surface area contributed by atoms with Gasteiger partial charge in [0.1, 0.15) is 0 Å². The van der Waals surface area contributed by atoms with Gasteiger partial charge in [-0.3, -0.25) is 9.59 Å². The summed E-state index contributed by atoms with van der Waals surface area (Å²) in [4.78, 5) is 23.6. The van der Waals surface area contributed by atoms with Gasteiger partial charge in [0.05, 0.1) is 25.0 Å². The summed E-state index contributed by atoms with van der Waals surface area (Å²) >= 11 is 0. The van der Waals surface area contributed by atoms with Crippen molar-refractivity contribution in [2.45, 2.75) is 25.9 Å². The molecule has 5 nitrogen and oxygen atoms in total. The second kappa shape index (κ2) is 5.11. The van der Waals surface area contributed by atoms with Gasteiger partial charge < -0.3 is 14.7 Å². The van der Waals surface area contributed by atoms with Crippen molar-refractivity contribution >= 4 is 11.9 Å². The molecule has 0 spiro atoms. The summed E-state index contributed by atoms with van der Waals surface area (Å²) in [5.74, 6) is -0.995. The highest BCUT2D eigenvalue weighted by molar-refractivity contribution is 5.79. The molecule has 86 valence electrons. The molecule has 0 aromatic carbocycles. The molecule has 1 aliphatic rings. The Morgan fingerprint density at radius 3 is 2.67 bits per heavy atom. The topological polar surface area (TPSA) is 66.8 Å². The standard InChI is InChI=1S/C10H17NO4/c1-7-5-8(6-15-7)10(14)11(2)4-3-9(12)13/h7-8H,3-6H2,1-2H3,(H,12,13). The zero-order chi connectivity index (χ0) is 11.4. The van der Waals surface area contributed by atoms with E-state index in [-0.39, 0.29) is 30.9 Å². The van der Waals surface area contributed by atoms with Crippen LogP contribution in [0, 0.1) is 5.92 Å². The summed E-state index contributed by atoms with van der Waals surface area (Å²) in [6.07, 6.45) is 0.855. The van der Waals surface area contributed by atoms with Crippen molar-refractivity contribution in [3.05, 3.63) is 0 Å². The van der Waals surface area contributed by atoms with Crippen LogP contribution in [0.4, 0.5) is 0 Å². The summed E-state index contributed by atoms with van der Waals surface area (Å²) in [6, 6.07) is 0. The minimum atomic E-state index is -0.884. The first-order chi connectivity index (χ1) is 7.00. The van der Waals surface area contributed by atoms with Gasteiger partial charge in [-0.25, -0.2) is 0 Å². The Hall–Kier alpha value is -1.10. The minimum absolute atomic E-state index is 0.00856. The van der Waals surface area contributed by atoms with Crippen LogP contribution in [0.3, 0.4) is 0 Å². The van der Waals surface area contributed by atoms with Gasteiger partial charge in [-0.2, -0.15) is 0 Å². The fourth-order valence-corrected chi connectivity index (χ4v) is 1.67. The normalized spacial score (nSPS) is 25.2. The monoisotopic (exact) mass is 215 g/mol. The Labute approximate surface area is 89.0 Å². The lowest BCUT2D eigenvalue weighted by molar-refractivity contribution is -0.139. The molecule has 0 aliphatic carbocycles. The number of carboxylic acids is 1. The highest BCUT2D eigenvalue weighted by Crippen LogP contribution is 2.20. The van der Waals surface area contributed by atoms with E-state index in [2.05, 4.69) is 0 Å². The van der Waals surface area contributed by atoms with E-state index in [1.54, 1.807) is 7.05 Å². The molecular formula is C10H17NO4. The zero-order valence-electron chi connectivity index (χ0n) is 9.10. The van der Waals surface area contributed by atoms with Crippen molar-refractivity contribution in [2.75, 3.05) is 20.2 Å². The lowest BCUT2D eigenvalue weighted by Crippen LogP contribution is -2.34. The fourth-order valence-electron chi connectivity index (χ4n) is 1.67. The molecule has 2 atom stereocenters. The Morgan fingerprint density at radius 1 is 1.53 bits per heavy atom. The van der Waals surface area contributed by atoms with Crippen molar-refractivity contribution in [3.8, 4) is 0 Å². The Kier molecular flexibility index (Phi) is 4.08. The molecule has 2 unspecified atom stereocenters. The van der Waals surface area contributed by atoms with Crippen molar-refractivity contribution in [3.63, 3.8) is 0 Å². The van der Waals surface area contributed by atoms with E-state index >= 15 is 0 Å². The van der Waals surface area contributed by atoms with Gasteiger partial charge in [0.15, 0.2) is 0 Å². The van der Waals surface area contributed by atoms with Crippen LogP contribution in [0.25, 0.3) is 0 Å². The van der Waals surface area contributed by atoms with Crippen molar-refractivity contribution < 1.29 is 19.4 Å². The van der Waals surface area contributed by atoms with E-state index in [1.807, 2.05) is 6.92 Å². The van der Waals surface area contributed by atoms with Crippen molar-refractivity contribution in [1.82, 2.24) is 4.90 Å². The number of hydrogen-bond acceptors (Lipinski definition) is 3. The van der Waals surface area contributed by atoms with Crippen LogP contribution < -0.4 is 0 Å². The van der Waals surface area contributed by atoms with E-state index in [9.17, 15) is 9.59 Å². The molecule has 0 saturated carbocycles. The molecule has 0 aromatic heterocycles. The van der Waals surface area contributed by atoms with E-state index < -0.39 is 5.97 Å². The van der Waals surface area contributed by atoms with E-state index in [0.29, 0.717) is 6.61 Å². The Balaban J connectivity index is 2.35. The zero-order valence-corrected chi connectivity index (χ0v) is 9.10. The molecule has 5 heteroatoms. The molecule has 0 bridgehead atoms. The Bertz CT molecular complexity index is 254. The maximum atomic E-state index is 11.8. The van der Waals surface area contributed by atoms with Crippen molar-refractivity contribution in [2.24, 2.45) is 5.92 Å². The number of carboxylic acid groups (broad SMARTS) is 1. The number of aliphatic carboxylic acids is 1. The summed E-state index contributed by atoms with van der Waals surface area (Å²) in [5.41, 5.74) is 0. The van der Waals surface area contributed by atoms with E-state index in [4.69, 9.17) is 9.84 Å². The average molecular weight is 215 g/mol. The number of ether oxygens (including phenoxy) is 1. The quantitative estimate of drug-likeness (QED) is 0.734. The molecule has 15 heavy (non-hydrogen) atoms. The first-order valence-corrected chi connectivity index (χ1v) is 5.09. The SMILES string of the molecule is CC1CC(C(=O)N(C)CCC(=O)O)CO1. The number of nitrogens with zero attached hydrogens (tertiary/aromatic N) is 1. The lowest BCUT2D eigenvalue weighted by atomic mass is 10.1. The first kappa shape index (κ1) is 12.0. The van der Waals surface area contributed by atoms with Crippen LogP contribution in [-0.2, 0) is 14.3 Å². The van der Waals surface area contributed by atoms with Crippen LogP contribution in [0.2, 0.25) is 0 Å². The van der Waals surface area contributed by atoms with Crippen molar-refractivity contribution in [1.29, 1.82) is 0 Å². The molecule has 1 amide bonds. The number of hydrogen-bond donors (Lipinski definition) is 1. The average Bonchev–Trinajstić information content (AvgIpc) is 2.60. The molecule has 1 rings (SSSR count). The number of rotatable bonds is 4. The van der Waals surface area contributed by atoms with Gasteiger partial charge in [0.25, 0.3) is 0 Å². The predicted octanol–water partition coefficient (Wildman–Crippen LogP) is 0.344. The maximum absolute atomic E-state index is 11.8. The molecule has 1 fully saturated rings. The second-order valence-corrected chi connectivity index (χ2v) is 3.98. The van der Waals surface area contributed by atoms with E-state index in [1.165, 1.54) is 4.90 Å². The number of carbonyl (C=O) groups excluding carboxylic acids is 1. The van der Waals surface area contributed by atoms with Crippen LogP contribution in [-0.4, -0.2) is 48.2 Å². The molecular weight excluding hydrogens is 198 g/mol. The first-order valence-electron chi connectivity index (χ1n) is 5.09. The van der Waals surface area contributed by atoms with Gasteiger partial charge in [0.2, 0.25) is 5.91 Å². The Morgan fingerprint density at radius 2 is 2.20 bits per heavy atom. The lowest BCUT2D eigenvalue weighted by Gasteiger charge is -2.19. The third kappa shape index (κ3) is 3.51. The molecule has 0 radical (unpaired) electrons. The molecule has 1 saturated heterocycles. The van der Waals surface area contributed by atoms with Crippen LogP contribution in [0.1, 0.15) is 19.8 Å². The minimum Gasteiger partial charge on any atom is -0.481 e. The fraction of sp³-hybridized carbons (Fsp3) is 0.800. The number of carbonyl (C=O) groups is 2. The third-order valence-corrected chi connectivity index (χ3v) is 2.58. The molecule has 1 aliphatic heterocycles.